The van der Waals surface area contributed by atoms with Gasteiger partial charge in [-0.1, -0.05) is 0 Å². The molecule has 0 aliphatic carbocycles. The fraction of sp³-hybridized carbons (Fsp3) is 0.222. The van der Waals surface area contributed by atoms with Crippen LogP contribution in [-0.2, 0) is 0 Å². The second-order valence-corrected chi connectivity index (χ2v) is 4.41. The van der Waals surface area contributed by atoms with Gasteiger partial charge < -0.3 is 0 Å². The molecule has 0 aliphatic rings. The van der Waals surface area contributed by atoms with Crippen molar-refractivity contribution in [2.24, 2.45) is 0 Å². The van der Waals surface area contributed by atoms with Gasteiger partial charge in [0.05, 0.1) is 14.8 Å². The zero-order valence-corrected chi connectivity index (χ0v) is 10.1. The monoisotopic (exact) mass is 291 g/mol. The van der Waals surface area contributed by atoms with Crippen LogP contribution >= 0.6 is 27.5 Å². The van der Waals surface area contributed by atoms with Gasteiger partial charge in [-0.2, -0.15) is 0 Å². The molecular weight excluding hydrogens is 285 g/mol. The van der Waals surface area contributed by atoms with E-state index in [1.54, 1.807) is 0 Å². The van der Waals surface area contributed by atoms with Gasteiger partial charge in [-0.05, 0) is 35.0 Å². The summed E-state index contributed by atoms with van der Waals surface area (Å²) in [5.74, 6) is -0.327. The summed E-state index contributed by atoms with van der Waals surface area (Å²) in [7, 11) is 0. The summed E-state index contributed by atoms with van der Waals surface area (Å²) in [6.07, 6.45) is 0. The molecule has 0 fully saturated rings. The van der Waals surface area contributed by atoms with Gasteiger partial charge in [0.15, 0.2) is 5.78 Å². The largest absolute Gasteiger partial charge is 0.293 e. The number of rotatable bonds is 3. The molecule has 15 heavy (non-hydrogen) atoms. The fourth-order valence-corrected chi connectivity index (χ4v) is 1.55. The first kappa shape index (κ1) is 12.1. The number of alkyl halides is 1. The Morgan fingerprint density at radius 2 is 2.20 bits per heavy atom. The molecule has 0 bridgehead atoms. The Balaban J connectivity index is 3.19. The van der Waals surface area contributed by atoms with E-state index in [1.165, 1.54) is 25.1 Å². The predicted octanol–water partition coefficient (Wildman–Crippen LogP) is 3.17. The molecule has 0 saturated carbocycles. The smallest absolute Gasteiger partial charge is 0.284 e. The third-order valence-electron chi connectivity index (χ3n) is 1.79. The number of Topliss-reactive ketones (excluding diaryl/α,β-unsaturated/α-hetero) is 1. The molecule has 0 spiro atoms. The lowest BCUT2D eigenvalue weighted by Gasteiger charge is -2.03. The van der Waals surface area contributed by atoms with Gasteiger partial charge in [0.1, 0.15) is 0 Å². The fourth-order valence-electron chi connectivity index (χ4n) is 1.04. The predicted molar refractivity (Wildman–Crippen MR) is 60.4 cm³/mol. The molecule has 1 aromatic carbocycles. The number of hydrogen-bond donors (Lipinski definition) is 0. The number of nitro benzene ring substituents is 1. The highest BCUT2D eigenvalue weighted by Crippen LogP contribution is 2.26. The quantitative estimate of drug-likeness (QED) is 0.372. The molecule has 4 nitrogen and oxygen atoms in total. The molecule has 0 heterocycles. The SMILES string of the molecule is CC(Cl)C(=O)c1ccc(Br)c([N+](=O)[O-])c1. The lowest BCUT2D eigenvalue weighted by atomic mass is 10.1. The second-order valence-electron chi connectivity index (χ2n) is 2.90. The maximum absolute atomic E-state index is 11.5. The van der Waals surface area contributed by atoms with E-state index in [9.17, 15) is 14.9 Å². The normalized spacial score (nSPS) is 12.2. The van der Waals surface area contributed by atoms with Crippen molar-refractivity contribution in [1.29, 1.82) is 0 Å². The molecule has 1 atom stereocenters. The van der Waals surface area contributed by atoms with Crippen LogP contribution in [0.2, 0.25) is 0 Å². The van der Waals surface area contributed by atoms with E-state index < -0.39 is 10.3 Å². The standard InChI is InChI=1S/C9H7BrClNO3/c1-5(11)9(13)6-2-3-7(10)8(4-6)12(14)15/h2-5H,1H3. The maximum Gasteiger partial charge on any atom is 0.284 e. The summed E-state index contributed by atoms with van der Waals surface area (Å²) in [6, 6.07) is 4.17. The third-order valence-corrected chi connectivity index (χ3v) is 2.66. The van der Waals surface area contributed by atoms with E-state index in [4.69, 9.17) is 11.6 Å². The Hall–Kier alpha value is -0.940. The Kier molecular flexibility index (Phi) is 3.82. The minimum atomic E-state index is -0.689. The minimum absolute atomic E-state index is 0.141. The summed E-state index contributed by atoms with van der Waals surface area (Å²) in [6.45, 7) is 1.53. The molecule has 1 aromatic rings. The zero-order chi connectivity index (χ0) is 11.6. The molecule has 0 aliphatic heterocycles. The van der Waals surface area contributed by atoms with E-state index in [1.807, 2.05) is 0 Å². The summed E-state index contributed by atoms with van der Waals surface area (Å²) >= 11 is 8.63. The van der Waals surface area contributed by atoms with Crippen LogP contribution < -0.4 is 0 Å². The van der Waals surface area contributed by atoms with E-state index in [2.05, 4.69) is 15.9 Å². The van der Waals surface area contributed by atoms with E-state index in [-0.39, 0.29) is 17.0 Å². The summed E-state index contributed by atoms with van der Waals surface area (Å²) in [5.41, 5.74) is 0.102. The summed E-state index contributed by atoms with van der Waals surface area (Å²) in [5, 5.41) is 9.91. The molecule has 1 rings (SSSR count). The second kappa shape index (κ2) is 4.72. The van der Waals surface area contributed by atoms with Crippen LogP contribution in [0.1, 0.15) is 17.3 Å². The van der Waals surface area contributed by atoms with Gasteiger partial charge in [0.2, 0.25) is 0 Å². The van der Waals surface area contributed by atoms with Crippen LogP contribution in [0.15, 0.2) is 22.7 Å². The van der Waals surface area contributed by atoms with E-state index in [0.717, 1.165) is 0 Å². The van der Waals surface area contributed by atoms with Gasteiger partial charge in [-0.25, -0.2) is 0 Å². The highest BCUT2D eigenvalue weighted by atomic mass is 79.9. The van der Waals surface area contributed by atoms with Crippen LogP contribution in [0.25, 0.3) is 0 Å². The van der Waals surface area contributed by atoms with Crippen molar-refractivity contribution in [1.82, 2.24) is 0 Å². The number of halogens is 2. The topological polar surface area (TPSA) is 60.2 Å². The molecule has 0 aromatic heterocycles. The molecule has 80 valence electrons. The Labute approximate surface area is 99.5 Å². The molecule has 6 heteroatoms. The minimum Gasteiger partial charge on any atom is -0.293 e. The van der Waals surface area contributed by atoms with Crippen molar-refractivity contribution >= 4 is 39.0 Å². The Morgan fingerprint density at radius 1 is 1.60 bits per heavy atom. The lowest BCUT2D eigenvalue weighted by Crippen LogP contribution is -2.10. The Bertz CT molecular complexity index is 420. The number of benzene rings is 1. The van der Waals surface area contributed by atoms with Gasteiger partial charge >= 0.3 is 0 Å². The van der Waals surface area contributed by atoms with Crippen molar-refractivity contribution in [3.05, 3.63) is 38.3 Å². The van der Waals surface area contributed by atoms with Crippen molar-refractivity contribution in [3.63, 3.8) is 0 Å². The van der Waals surface area contributed by atoms with Crippen molar-refractivity contribution < 1.29 is 9.72 Å². The third kappa shape index (κ3) is 2.76. The van der Waals surface area contributed by atoms with E-state index in [0.29, 0.717) is 4.47 Å². The van der Waals surface area contributed by atoms with Gasteiger partial charge in [0, 0.05) is 11.6 Å². The van der Waals surface area contributed by atoms with Crippen LogP contribution in [0.4, 0.5) is 5.69 Å². The van der Waals surface area contributed by atoms with Crippen LogP contribution in [0, 0.1) is 10.1 Å². The number of nitrogens with zero attached hydrogens (tertiary/aromatic N) is 1. The molecule has 0 radical (unpaired) electrons. The average Bonchev–Trinajstić information content (AvgIpc) is 2.16. The van der Waals surface area contributed by atoms with E-state index >= 15 is 0 Å². The molecule has 0 saturated heterocycles. The molecule has 0 N–H and O–H groups in total. The zero-order valence-electron chi connectivity index (χ0n) is 7.74. The number of carbonyl (C=O) groups excluding carboxylic acids is 1. The number of carbonyl (C=O) groups is 1. The van der Waals surface area contributed by atoms with Gasteiger partial charge in [-0.15, -0.1) is 11.6 Å². The number of nitro groups is 1. The van der Waals surface area contributed by atoms with Crippen LogP contribution in [0.3, 0.4) is 0 Å². The van der Waals surface area contributed by atoms with Crippen LogP contribution in [0.5, 0.6) is 0 Å². The highest BCUT2D eigenvalue weighted by molar-refractivity contribution is 9.10. The summed E-state index contributed by atoms with van der Waals surface area (Å²) in [4.78, 5) is 21.5. The first-order valence-electron chi connectivity index (χ1n) is 4.05. The van der Waals surface area contributed by atoms with Crippen molar-refractivity contribution in [2.45, 2.75) is 12.3 Å². The van der Waals surface area contributed by atoms with Crippen molar-refractivity contribution in [3.8, 4) is 0 Å². The average molecular weight is 293 g/mol. The van der Waals surface area contributed by atoms with Crippen LogP contribution in [-0.4, -0.2) is 16.1 Å². The molecule has 0 amide bonds. The summed E-state index contributed by atoms with van der Waals surface area (Å²) < 4.78 is 0.339. The number of ketones is 1. The molecular formula is C9H7BrClNO3. The highest BCUT2D eigenvalue weighted by Gasteiger charge is 2.18. The van der Waals surface area contributed by atoms with Crippen molar-refractivity contribution in [2.75, 3.05) is 0 Å². The first-order valence-corrected chi connectivity index (χ1v) is 5.28. The number of hydrogen-bond acceptors (Lipinski definition) is 3. The van der Waals surface area contributed by atoms with Gasteiger partial charge in [0.25, 0.3) is 5.69 Å². The first-order chi connectivity index (χ1) is 6.93. The lowest BCUT2D eigenvalue weighted by molar-refractivity contribution is -0.385. The van der Waals surface area contributed by atoms with Gasteiger partial charge in [-0.3, -0.25) is 14.9 Å². The Morgan fingerprint density at radius 3 is 2.67 bits per heavy atom. The maximum atomic E-state index is 11.5. The molecule has 1 unspecified atom stereocenters.